The summed E-state index contributed by atoms with van der Waals surface area (Å²) in [7, 11) is 1.78. The molecule has 0 amide bonds. The van der Waals surface area contributed by atoms with Crippen LogP contribution in [0.15, 0.2) is 28.9 Å². The van der Waals surface area contributed by atoms with Crippen LogP contribution in [0.5, 0.6) is 0 Å². The lowest BCUT2D eigenvalue weighted by Gasteiger charge is -2.06. The van der Waals surface area contributed by atoms with Gasteiger partial charge in [-0.25, -0.2) is 8.78 Å². The molecule has 2 nitrogen and oxygen atoms in total. The SMILES string of the molecule is CNCc1occc1-c1cc(C)c(F)cc1F. The zero-order valence-corrected chi connectivity index (χ0v) is 9.68. The summed E-state index contributed by atoms with van der Waals surface area (Å²) in [6.45, 7) is 2.11. The molecule has 1 aromatic carbocycles. The maximum atomic E-state index is 13.7. The van der Waals surface area contributed by atoms with Crippen molar-refractivity contribution in [1.29, 1.82) is 0 Å². The van der Waals surface area contributed by atoms with Gasteiger partial charge in [0, 0.05) is 17.2 Å². The molecule has 1 heterocycles. The molecule has 0 aliphatic heterocycles. The van der Waals surface area contributed by atoms with Crippen LogP contribution in [0.4, 0.5) is 8.78 Å². The zero-order valence-electron chi connectivity index (χ0n) is 9.68. The summed E-state index contributed by atoms with van der Waals surface area (Å²) in [4.78, 5) is 0. The second kappa shape index (κ2) is 4.67. The van der Waals surface area contributed by atoms with E-state index in [0.29, 0.717) is 29.0 Å². The third kappa shape index (κ3) is 2.22. The number of nitrogens with one attached hydrogen (secondary N) is 1. The number of halogens is 2. The number of hydrogen-bond donors (Lipinski definition) is 1. The van der Waals surface area contributed by atoms with E-state index >= 15 is 0 Å². The van der Waals surface area contributed by atoms with Gasteiger partial charge in [-0.05, 0) is 31.7 Å². The van der Waals surface area contributed by atoms with Gasteiger partial charge in [0.2, 0.25) is 0 Å². The lowest BCUT2D eigenvalue weighted by Crippen LogP contribution is -2.05. The lowest BCUT2D eigenvalue weighted by atomic mass is 10.0. The van der Waals surface area contributed by atoms with Crippen LogP contribution in [0.3, 0.4) is 0 Å². The molecule has 2 aromatic rings. The number of furan rings is 1. The summed E-state index contributed by atoms with van der Waals surface area (Å²) in [5.41, 5.74) is 1.43. The van der Waals surface area contributed by atoms with Crippen LogP contribution < -0.4 is 5.32 Å². The number of aryl methyl sites for hydroxylation is 1. The molecule has 0 fully saturated rings. The van der Waals surface area contributed by atoms with Gasteiger partial charge in [0.05, 0.1) is 12.8 Å². The minimum absolute atomic E-state index is 0.364. The molecule has 0 radical (unpaired) electrons. The first-order valence-electron chi connectivity index (χ1n) is 5.30. The van der Waals surface area contributed by atoms with Crippen molar-refractivity contribution in [3.63, 3.8) is 0 Å². The number of rotatable bonds is 3. The first-order chi connectivity index (χ1) is 8.13. The fourth-order valence-corrected chi connectivity index (χ4v) is 1.74. The van der Waals surface area contributed by atoms with Gasteiger partial charge in [0.15, 0.2) is 0 Å². The van der Waals surface area contributed by atoms with Gasteiger partial charge < -0.3 is 9.73 Å². The molecular formula is C13H13F2NO. The van der Waals surface area contributed by atoms with E-state index in [2.05, 4.69) is 5.32 Å². The maximum Gasteiger partial charge on any atom is 0.134 e. The van der Waals surface area contributed by atoms with Gasteiger partial charge in [-0.1, -0.05) is 0 Å². The van der Waals surface area contributed by atoms with E-state index in [1.807, 2.05) is 0 Å². The Bertz CT molecular complexity index is 534. The molecule has 0 saturated carbocycles. The highest BCUT2D eigenvalue weighted by Crippen LogP contribution is 2.29. The van der Waals surface area contributed by atoms with Crippen LogP contribution in [0.1, 0.15) is 11.3 Å². The van der Waals surface area contributed by atoms with Gasteiger partial charge in [-0.15, -0.1) is 0 Å². The molecule has 0 bridgehead atoms. The molecule has 0 unspecified atom stereocenters. The van der Waals surface area contributed by atoms with Crippen molar-refractivity contribution in [3.8, 4) is 11.1 Å². The van der Waals surface area contributed by atoms with Gasteiger partial charge in [-0.3, -0.25) is 0 Å². The number of hydrogen-bond acceptors (Lipinski definition) is 2. The second-order valence-corrected chi connectivity index (χ2v) is 3.87. The lowest BCUT2D eigenvalue weighted by molar-refractivity contribution is 0.496. The molecule has 4 heteroatoms. The summed E-state index contributed by atoms with van der Waals surface area (Å²) >= 11 is 0. The summed E-state index contributed by atoms with van der Waals surface area (Å²) in [6.07, 6.45) is 1.50. The van der Waals surface area contributed by atoms with Crippen LogP contribution >= 0.6 is 0 Å². The molecule has 90 valence electrons. The third-order valence-corrected chi connectivity index (χ3v) is 2.62. The van der Waals surface area contributed by atoms with E-state index in [-0.39, 0.29) is 0 Å². The molecule has 1 N–H and O–H groups in total. The minimum atomic E-state index is -0.577. The molecular weight excluding hydrogens is 224 g/mol. The molecule has 1 aromatic heterocycles. The zero-order chi connectivity index (χ0) is 12.4. The molecule has 0 aliphatic carbocycles. The monoisotopic (exact) mass is 237 g/mol. The van der Waals surface area contributed by atoms with Crippen LogP contribution in [0, 0.1) is 18.6 Å². The Morgan fingerprint density at radius 1 is 1.18 bits per heavy atom. The van der Waals surface area contributed by atoms with Gasteiger partial charge in [0.25, 0.3) is 0 Å². The predicted octanol–water partition coefficient (Wildman–Crippen LogP) is 3.25. The van der Waals surface area contributed by atoms with Crippen molar-refractivity contribution in [1.82, 2.24) is 5.32 Å². The Morgan fingerprint density at radius 2 is 1.94 bits per heavy atom. The first kappa shape index (κ1) is 11.8. The normalized spacial score (nSPS) is 10.8. The molecule has 17 heavy (non-hydrogen) atoms. The van der Waals surface area contributed by atoms with Crippen LogP contribution in [0.2, 0.25) is 0 Å². The number of benzene rings is 1. The van der Waals surface area contributed by atoms with Gasteiger partial charge in [-0.2, -0.15) is 0 Å². The molecule has 0 aliphatic rings. The topological polar surface area (TPSA) is 25.2 Å². The average Bonchev–Trinajstić information content (AvgIpc) is 2.72. The van der Waals surface area contributed by atoms with Gasteiger partial charge in [0.1, 0.15) is 17.4 Å². The largest absolute Gasteiger partial charge is 0.467 e. The van der Waals surface area contributed by atoms with E-state index in [1.165, 1.54) is 12.3 Å². The molecule has 2 rings (SSSR count). The Balaban J connectivity index is 2.52. The predicted molar refractivity (Wildman–Crippen MR) is 61.6 cm³/mol. The van der Waals surface area contributed by atoms with Crippen LogP contribution in [-0.4, -0.2) is 7.05 Å². The average molecular weight is 237 g/mol. The Labute approximate surface area is 98.3 Å². The van der Waals surface area contributed by atoms with Crippen molar-refractivity contribution < 1.29 is 13.2 Å². The van der Waals surface area contributed by atoms with Crippen molar-refractivity contribution in [3.05, 3.63) is 47.4 Å². The summed E-state index contributed by atoms with van der Waals surface area (Å²) in [5.74, 6) is -0.478. The second-order valence-electron chi connectivity index (χ2n) is 3.87. The summed E-state index contributed by atoms with van der Waals surface area (Å²) in [5, 5.41) is 2.94. The molecule has 0 spiro atoms. The third-order valence-electron chi connectivity index (χ3n) is 2.62. The molecule has 0 atom stereocenters. The van der Waals surface area contributed by atoms with Crippen molar-refractivity contribution >= 4 is 0 Å². The van der Waals surface area contributed by atoms with Crippen LogP contribution in [0.25, 0.3) is 11.1 Å². The highest BCUT2D eigenvalue weighted by atomic mass is 19.1. The van der Waals surface area contributed by atoms with Crippen molar-refractivity contribution in [2.75, 3.05) is 7.05 Å². The standard InChI is InChI=1S/C13H13F2NO/c1-8-5-10(12(15)6-11(8)14)9-3-4-17-13(9)7-16-2/h3-6,16H,7H2,1-2H3. The fraction of sp³-hybridized carbons (Fsp3) is 0.231. The van der Waals surface area contributed by atoms with Crippen molar-refractivity contribution in [2.45, 2.75) is 13.5 Å². The van der Waals surface area contributed by atoms with E-state index in [4.69, 9.17) is 4.42 Å². The summed E-state index contributed by atoms with van der Waals surface area (Å²) < 4.78 is 32.1. The fourth-order valence-electron chi connectivity index (χ4n) is 1.74. The van der Waals surface area contributed by atoms with Crippen molar-refractivity contribution in [2.24, 2.45) is 0 Å². The van der Waals surface area contributed by atoms with E-state index in [9.17, 15) is 8.78 Å². The van der Waals surface area contributed by atoms with E-state index in [0.717, 1.165) is 6.07 Å². The molecule has 0 saturated heterocycles. The summed E-state index contributed by atoms with van der Waals surface area (Å²) in [6, 6.07) is 4.08. The minimum Gasteiger partial charge on any atom is -0.467 e. The highest BCUT2D eigenvalue weighted by Gasteiger charge is 2.14. The smallest absolute Gasteiger partial charge is 0.134 e. The Kier molecular flexibility index (Phi) is 3.24. The maximum absolute atomic E-state index is 13.7. The van der Waals surface area contributed by atoms with Gasteiger partial charge >= 0.3 is 0 Å². The van der Waals surface area contributed by atoms with E-state index in [1.54, 1.807) is 20.0 Å². The first-order valence-corrected chi connectivity index (χ1v) is 5.30. The Morgan fingerprint density at radius 3 is 2.65 bits per heavy atom. The van der Waals surface area contributed by atoms with E-state index < -0.39 is 11.6 Å². The highest BCUT2D eigenvalue weighted by molar-refractivity contribution is 5.67. The quantitative estimate of drug-likeness (QED) is 0.886. The Hall–Kier alpha value is -1.68. The van der Waals surface area contributed by atoms with Crippen LogP contribution in [-0.2, 0) is 6.54 Å².